The van der Waals surface area contributed by atoms with Crippen molar-refractivity contribution in [3.8, 4) is 5.69 Å². The molecule has 0 spiro atoms. The summed E-state index contributed by atoms with van der Waals surface area (Å²) in [6, 6.07) is 16.0. The van der Waals surface area contributed by atoms with Gasteiger partial charge in [-0.2, -0.15) is 0 Å². The number of nitro groups is 1. The van der Waals surface area contributed by atoms with Gasteiger partial charge in [-0.05, 0) is 55.3 Å². The second-order valence-electron chi connectivity index (χ2n) is 8.02. The maximum atomic E-state index is 13.3. The average molecular weight is 526 g/mol. The highest BCUT2D eigenvalue weighted by Crippen LogP contribution is 2.29. The molecule has 8 nitrogen and oxygen atoms in total. The number of nitro benzene ring substituents is 1. The second kappa shape index (κ2) is 10.9. The Bertz CT molecular complexity index is 1440. The number of amides is 1. The molecule has 4 rings (SSSR count). The SMILES string of the molecule is Cc1ccc(Cl)cc1-n1c(CNC(=O)c2ccc(C)c([N+](=O)[O-])c2)nnc1SCc1ccc(F)cc1. The smallest absolute Gasteiger partial charge is 0.273 e. The number of nitrogens with one attached hydrogen (secondary N) is 1. The van der Waals surface area contributed by atoms with Crippen LogP contribution in [0.4, 0.5) is 10.1 Å². The molecule has 1 aromatic heterocycles. The van der Waals surface area contributed by atoms with Crippen molar-refractivity contribution in [2.45, 2.75) is 31.3 Å². The molecule has 0 bridgehead atoms. The lowest BCUT2D eigenvalue weighted by molar-refractivity contribution is -0.385. The summed E-state index contributed by atoms with van der Waals surface area (Å²) in [5.74, 6) is 0.198. The van der Waals surface area contributed by atoms with Gasteiger partial charge in [0, 0.05) is 28.0 Å². The van der Waals surface area contributed by atoms with Crippen LogP contribution in [0.5, 0.6) is 0 Å². The van der Waals surface area contributed by atoms with Crippen molar-refractivity contribution in [2.24, 2.45) is 0 Å². The molecule has 0 atom stereocenters. The first-order chi connectivity index (χ1) is 17.2. The molecule has 0 fully saturated rings. The van der Waals surface area contributed by atoms with E-state index in [1.807, 2.05) is 17.6 Å². The summed E-state index contributed by atoms with van der Waals surface area (Å²) in [6.07, 6.45) is 0. The molecule has 0 saturated heterocycles. The summed E-state index contributed by atoms with van der Waals surface area (Å²) >= 11 is 7.68. The highest BCUT2D eigenvalue weighted by Gasteiger charge is 2.19. The normalized spacial score (nSPS) is 10.9. The summed E-state index contributed by atoms with van der Waals surface area (Å²) < 4.78 is 15.1. The summed E-state index contributed by atoms with van der Waals surface area (Å²) in [5, 5.41) is 23.7. The number of carbonyl (C=O) groups is 1. The number of rotatable bonds is 8. The Labute approximate surface area is 215 Å². The van der Waals surface area contributed by atoms with Crippen LogP contribution < -0.4 is 5.32 Å². The van der Waals surface area contributed by atoms with Gasteiger partial charge in [0.05, 0.1) is 17.2 Å². The van der Waals surface area contributed by atoms with Crippen LogP contribution in [-0.4, -0.2) is 25.6 Å². The Balaban J connectivity index is 1.61. The number of hydrogen-bond donors (Lipinski definition) is 1. The molecule has 0 aliphatic carbocycles. The number of benzene rings is 3. The molecule has 1 heterocycles. The lowest BCUT2D eigenvalue weighted by atomic mass is 10.1. The molecular weight excluding hydrogens is 505 g/mol. The highest BCUT2D eigenvalue weighted by molar-refractivity contribution is 7.98. The molecule has 0 aliphatic rings. The van der Waals surface area contributed by atoms with Gasteiger partial charge >= 0.3 is 0 Å². The molecule has 3 aromatic carbocycles. The van der Waals surface area contributed by atoms with E-state index in [-0.39, 0.29) is 23.6 Å². The fourth-order valence-corrected chi connectivity index (χ4v) is 4.60. The monoisotopic (exact) mass is 525 g/mol. The maximum absolute atomic E-state index is 13.3. The molecule has 0 radical (unpaired) electrons. The third-order valence-electron chi connectivity index (χ3n) is 5.47. The number of halogens is 2. The summed E-state index contributed by atoms with van der Waals surface area (Å²) in [6.45, 7) is 3.56. The van der Waals surface area contributed by atoms with Crippen LogP contribution in [-0.2, 0) is 12.3 Å². The largest absolute Gasteiger partial charge is 0.345 e. The molecule has 0 aliphatic heterocycles. The fraction of sp³-hybridized carbons (Fsp3) is 0.160. The third kappa shape index (κ3) is 5.72. The molecule has 36 heavy (non-hydrogen) atoms. The highest BCUT2D eigenvalue weighted by atomic mass is 35.5. The van der Waals surface area contributed by atoms with Gasteiger partial charge in [-0.15, -0.1) is 10.2 Å². The van der Waals surface area contributed by atoms with Gasteiger partial charge in [-0.1, -0.05) is 47.6 Å². The zero-order valence-corrected chi connectivity index (χ0v) is 20.9. The lowest BCUT2D eigenvalue weighted by Crippen LogP contribution is -2.25. The van der Waals surface area contributed by atoms with Crippen molar-refractivity contribution in [3.05, 3.63) is 110 Å². The summed E-state index contributed by atoms with van der Waals surface area (Å²) in [4.78, 5) is 23.5. The fourth-order valence-electron chi connectivity index (χ4n) is 3.51. The minimum absolute atomic E-state index is 0.0244. The van der Waals surface area contributed by atoms with Crippen LogP contribution in [0, 0.1) is 29.8 Å². The Hall–Kier alpha value is -3.76. The topological polar surface area (TPSA) is 103 Å². The van der Waals surface area contributed by atoms with Gasteiger partial charge in [0.2, 0.25) is 0 Å². The van der Waals surface area contributed by atoms with Gasteiger partial charge < -0.3 is 5.32 Å². The predicted molar refractivity (Wildman–Crippen MR) is 136 cm³/mol. The van der Waals surface area contributed by atoms with Crippen molar-refractivity contribution in [2.75, 3.05) is 0 Å². The van der Waals surface area contributed by atoms with Crippen molar-refractivity contribution in [3.63, 3.8) is 0 Å². The van der Waals surface area contributed by atoms with E-state index in [1.54, 1.807) is 31.2 Å². The van der Waals surface area contributed by atoms with E-state index in [2.05, 4.69) is 15.5 Å². The van der Waals surface area contributed by atoms with E-state index < -0.39 is 10.8 Å². The average Bonchev–Trinajstić information content (AvgIpc) is 3.26. The molecular formula is C25H21ClFN5O3S. The van der Waals surface area contributed by atoms with Crippen LogP contribution in [0.1, 0.15) is 32.9 Å². The van der Waals surface area contributed by atoms with E-state index in [1.165, 1.54) is 42.1 Å². The minimum atomic E-state index is -0.519. The zero-order valence-electron chi connectivity index (χ0n) is 19.4. The first-order valence-corrected chi connectivity index (χ1v) is 12.2. The van der Waals surface area contributed by atoms with E-state index in [4.69, 9.17) is 11.6 Å². The van der Waals surface area contributed by atoms with Gasteiger partial charge in [0.1, 0.15) is 5.82 Å². The quantitative estimate of drug-likeness (QED) is 0.177. The molecule has 4 aromatic rings. The molecule has 184 valence electrons. The Morgan fingerprint density at radius 1 is 1.08 bits per heavy atom. The maximum Gasteiger partial charge on any atom is 0.273 e. The molecule has 11 heteroatoms. The van der Waals surface area contributed by atoms with E-state index in [9.17, 15) is 19.3 Å². The molecule has 0 unspecified atom stereocenters. The molecule has 1 amide bonds. The van der Waals surface area contributed by atoms with Crippen molar-refractivity contribution < 1.29 is 14.1 Å². The Morgan fingerprint density at radius 3 is 2.53 bits per heavy atom. The molecule has 0 saturated carbocycles. The predicted octanol–water partition coefficient (Wildman–Crippen LogP) is 5.81. The number of nitrogens with zero attached hydrogens (tertiary/aromatic N) is 4. The minimum Gasteiger partial charge on any atom is -0.345 e. The zero-order chi connectivity index (χ0) is 25.8. The van der Waals surface area contributed by atoms with E-state index in [0.717, 1.165) is 16.8 Å². The number of aryl methyl sites for hydroxylation is 2. The first kappa shape index (κ1) is 25.3. The first-order valence-electron chi connectivity index (χ1n) is 10.8. The summed E-state index contributed by atoms with van der Waals surface area (Å²) in [5.41, 5.74) is 3.10. The van der Waals surface area contributed by atoms with Crippen molar-refractivity contribution in [1.82, 2.24) is 20.1 Å². The van der Waals surface area contributed by atoms with Crippen LogP contribution >= 0.6 is 23.4 Å². The van der Waals surface area contributed by atoms with Crippen molar-refractivity contribution >= 4 is 35.0 Å². The lowest BCUT2D eigenvalue weighted by Gasteiger charge is -2.14. The molecule has 1 N–H and O–H groups in total. The van der Waals surface area contributed by atoms with Crippen LogP contribution in [0.3, 0.4) is 0 Å². The van der Waals surface area contributed by atoms with Crippen LogP contribution in [0.25, 0.3) is 5.69 Å². The summed E-state index contributed by atoms with van der Waals surface area (Å²) in [7, 11) is 0. The van der Waals surface area contributed by atoms with Gasteiger partial charge in [-0.3, -0.25) is 19.5 Å². The third-order valence-corrected chi connectivity index (χ3v) is 6.70. The second-order valence-corrected chi connectivity index (χ2v) is 9.40. The van der Waals surface area contributed by atoms with Gasteiger partial charge in [0.15, 0.2) is 11.0 Å². The number of carbonyl (C=O) groups excluding carboxylic acids is 1. The van der Waals surface area contributed by atoms with Gasteiger partial charge in [0.25, 0.3) is 11.6 Å². The Kier molecular flexibility index (Phi) is 7.66. The Morgan fingerprint density at radius 2 is 1.81 bits per heavy atom. The number of hydrogen-bond acceptors (Lipinski definition) is 6. The van der Waals surface area contributed by atoms with Gasteiger partial charge in [-0.25, -0.2) is 4.39 Å². The number of thioether (sulfide) groups is 1. The van der Waals surface area contributed by atoms with E-state index >= 15 is 0 Å². The number of aromatic nitrogens is 3. The van der Waals surface area contributed by atoms with Crippen molar-refractivity contribution in [1.29, 1.82) is 0 Å². The van der Waals surface area contributed by atoms with Crippen LogP contribution in [0.15, 0.2) is 65.8 Å². The standard InChI is InChI=1S/C25H21ClFN5O3S/c1-15-4-8-19(26)12-21(15)31-23(29-30-25(31)36-14-17-5-9-20(27)10-6-17)13-28-24(33)18-7-3-16(2)22(11-18)32(34)35/h3-12H,13-14H2,1-2H3,(H,28,33). The van der Waals surface area contributed by atoms with Crippen LogP contribution in [0.2, 0.25) is 5.02 Å². The van der Waals surface area contributed by atoms with E-state index in [0.29, 0.717) is 27.3 Å².